The molecule has 0 fully saturated rings. The summed E-state index contributed by atoms with van der Waals surface area (Å²) in [6.07, 6.45) is 7.10. The van der Waals surface area contributed by atoms with Crippen molar-refractivity contribution in [3.05, 3.63) is 45.8 Å². The lowest BCUT2D eigenvalue weighted by Crippen LogP contribution is -2.28. The van der Waals surface area contributed by atoms with Gasteiger partial charge in [0.1, 0.15) is 0 Å². The molecule has 2 rings (SSSR count). The van der Waals surface area contributed by atoms with Crippen LogP contribution in [0, 0.1) is 16.0 Å². The summed E-state index contributed by atoms with van der Waals surface area (Å²) in [4.78, 5) is 10.3. The molecule has 74 valence electrons. The van der Waals surface area contributed by atoms with Gasteiger partial charge < -0.3 is 11.1 Å². The average Bonchev–Trinajstić information content (AvgIpc) is 2.59. The summed E-state index contributed by atoms with van der Waals surface area (Å²) in [6.45, 7) is 0.467. The average molecular weight is 193 g/mol. The van der Waals surface area contributed by atoms with Crippen LogP contribution in [0.4, 0.5) is 0 Å². The zero-order valence-corrected chi connectivity index (χ0v) is 7.51. The SMILES string of the molecule is NCC1=CC2NC=C([N+](=O)[O-])C2C=C1. The molecule has 2 atom stereocenters. The van der Waals surface area contributed by atoms with Crippen LogP contribution in [-0.4, -0.2) is 17.5 Å². The van der Waals surface area contributed by atoms with Crippen molar-refractivity contribution in [1.82, 2.24) is 5.32 Å². The van der Waals surface area contributed by atoms with Crippen LogP contribution in [0.5, 0.6) is 0 Å². The molecule has 2 unspecified atom stereocenters. The molecule has 14 heavy (non-hydrogen) atoms. The highest BCUT2D eigenvalue weighted by Gasteiger charge is 2.35. The Labute approximate surface area is 81.1 Å². The number of hydrogen-bond donors (Lipinski definition) is 2. The molecule has 0 saturated carbocycles. The van der Waals surface area contributed by atoms with E-state index in [0.717, 1.165) is 5.57 Å². The molecule has 0 aromatic rings. The van der Waals surface area contributed by atoms with E-state index in [4.69, 9.17) is 5.73 Å². The van der Waals surface area contributed by atoms with E-state index in [0.29, 0.717) is 6.54 Å². The summed E-state index contributed by atoms with van der Waals surface area (Å²) in [7, 11) is 0. The van der Waals surface area contributed by atoms with Gasteiger partial charge >= 0.3 is 0 Å². The third kappa shape index (κ3) is 1.31. The van der Waals surface area contributed by atoms with Crippen molar-refractivity contribution in [2.45, 2.75) is 6.04 Å². The van der Waals surface area contributed by atoms with Gasteiger partial charge in [-0.3, -0.25) is 10.1 Å². The van der Waals surface area contributed by atoms with E-state index in [-0.39, 0.29) is 22.6 Å². The van der Waals surface area contributed by atoms with Crippen molar-refractivity contribution < 1.29 is 4.92 Å². The van der Waals surface area contributed by atoms with E-state index >= 15 is 0 Å². The Balaban J connectivity index is 2.20. The number of hydrogen-bond acceptors (Lipinski definition) is 4. The number of rotatable bonds is 2. The summed E-state index contributed by atoms with van der Waals surface area (Å²) in [5.41, 5.74) is 6.71. The van der Waals surface area contributed by atoms with Gasteiger partial charge in [0.25, 0.3) is 5.70 Å². The van der Waals surface area contributed by atoms with Crippen LogP contribution in [0.15, 0.2) is 35.7 Å². The van der Waals surface area contributed by atoms with Gasteiger partial charge in [0.15, 0.2) is 0 Å². The van der Waals surface area contributed by atoms with Crippen LogP contribution >= 0.6 is 0 Å². The molecule has 2 aliphatic rings. The summed E-state index contributed by atoms with van der Waals surface area (Å²) >= 11 is 0. The zero-order valence-electron chi connectivity index (χ0n) is 7.51. The fourth-order valence-corrected chi connectivity index (χ4v) is 1.76. The Bertz CT molecular complexity index is 357. The topological polar surface area (TPSA) is 81.2 Å². The van der Waals surface area contributed by atoms with E-state index in [1.165, 1.54) is 6.20 Å². The van der Waals surface area contributed by atoms with Gasteiger partial charge in [-0.25, -0.2) is 0 Å². The molecule has 0 radical (unpaired) electrons. The summed E-state index contributed by atoms with van der Waals surface area (Å²) in [5, 5.41) is 13.6. The van der Waals surface area contributed by atoms with Gasteiger partial charge in [-0.05, 0) is 5.57 Å². The van der Waals surface area contributed by atoms with E-state index in [1.807, 2.05) is 18.2 Å². The number of nitro groups is 1. The van der Waals surface area contributed by atoms with Crippen LogP contribution in [0.2, 0.25) is 0 Å². The normalized spacial score (nSPS) is 28.9. The largest absolute Gasteiger partial charge is 0.378 e. The second kappa shape index (κ2) is 3.26. The summed E-state index contributed by atoms with van der Waals surface area (Å²) < 4.78 is 0. The van der Waals surface area contributed by atoms with Crippen LogP contribution in [-0.2, 0) is 0 Å². The van der Waals surface area contributed by atoms with Crippen LogP contribution in [0.1, 0.15) is 0 Å². The number of fused-ring (bicyclic) bond motifs is 1. The highest BCUT2D eigenvalue weighted by atomic mass is 16.6. The highest BCUT2D eigenvalue weighted by Crippen LogP contribution is 2.27. The van der Waals surface area contributed by atoms with Crippen molar-refractivity contribution in [2.24, 2.45) is 11.7 Å². The molecule has 0 spiro atoms. The van der Waals surface area contributed by atoms with Gasteiger partial charge in [-0.1, -0.05) is 18.2 Å². The first kappa shape index (κ1) is 8.96. The number of nitrogens with zero attached hydrogens (tertiary/aromatic N) is 1. The molecule has 5 heteroatoms. The molecule has 0 bridgehead atoms. The zero-order chi connectivity index (χ0) is 10.1. The van der Waals surface area contributed by atoms with Crippen molar-refractivity contribution in [2.75, 3.05) is 6.54 Å². The minimum atomic E-state index is -0.344. The molecule has 1 aliphatic carbocycles. The van der Waals surface area contributed by atoms with Crippen molar-refractivity contribution >= 4 is 0 Å². The molecule has 0 aromatic carbocycles. The second-order valence-corrected chi connectivity index (χ2v) is 3.35. The van der Waals surface area contributed by atoms with E-state index in [9.17, 15) is 10.1 Å². The predicted molar refractivity (Wildman–Crippen MR) is 51.8 cm³/mol. The summed E-state index contributed by atoms with van der Waals surface area (Å²) in [5.74, 6) is -0.153. The van der Waals surface area contributed by atoms with Crippen molar-refractivity contribution in [1.29, 1.82) is 0 Å². The Morgan fingerprint density at radius 2 is 2.43 bits per heavy atom. The van der Waals surface area contributed by atoms with Gasteiger partial charge in [-0.2, -0.15) is 0 Å². The third-order valence-corrected chi connectivity index (χ3v) is 2.51. The molecule has 0 amide bonds. The van der Waals surface area contributed by atoms with Gasteiger partial charge in [0.05, 0.1) is 23.1 Å². The Hall–Kier alpha value is -1.62. The van der Waals surface area contributed by atoms with Crippen molar-refractivity contribution in [3.63, 3.8) is 0 Å². The predicted octanol–water partition coefficient (Wildman–Crippen LogP) is 0.147. The molecule has 1 aliphatic heterocycles. The molecule has 1 heterocycles. The molecule has 5 nitrogen and oxygen atoms in total. The lowest BCUT2D eigenvalue weighted by atomic mass is 9.92. The third-order valence-electron chi connectivity index (χ3n) is 2.51. The Morgan fingerprint density at radius 1 is 1.64 bits per heavy atom. The molecular weight excluding hydrogens is 182 g/mol. The first-order valence-corrected chi connectivity index (χ1v) is 4.42. The Kier molecular flexibility index (Phi) is 2.09. The first-order chi connectivity index (χ1) is 6.72. The van der Waals surface area contributed by atoms with Crippen molar-refractivity contribution in [3.8, 4) is 0 Å². The first-order valence-electron chi connectivity index (χ1n) is 4.42. The van der Waals surface area contributed by atoms with Crippen LogP contribution in [0.25, 0.3) is 0 Å². The smallest absolute Gasteiger partial charge is 0.270 e. The second-order valence-electron chi connectivity index (χ2n) is 3.35. The fraction of sp³-hybridized carbons (Fsp3) is 0.333. The number of nitrogens with one attached hydrogen (secondary N) is 1. The van der Waals surface area contributed by atoms with Gasteiger partial charge in [0.2, 0.25) is 0 Å². The minimum absolute atomic E-state index is 0.000972. The summed E-state index contributed by atoms with van der Waals surface area (Å²) in [6, 6.07) is -0.000972. The molecule has 3 N–H and O–H groups in total. The minimum Gasteiger partial charge on any atom is -0.378 e. The molecule has 0 aromatic heterocycles. The Morgan fingerprint density at radius 3 is 3.07 bits per heavy atom. The van der Waals surface area contributed by atoms with Crippen LogP contribution < -0.4 is 11.1 Å². The monoisotopic (exact) mass is 193 g/mol. The van der Waals surface area contributed by atoms with Gasteiger partial charge in [0, 0.05) is 6.54 Å². The van der Waals surface area contributed by atoms with E-state index in [2.05, 4.69) is 5.32 Å². The molecular formula is C9H11N3O2. The van der Waals surface area contributed by atoms with E-state index < -0.39 is 0 Å². The maximum atomic E-state index is 10.6. The number of nitrogens with two attached hydrogens (primary N) is 1. The van der Waals surface area contributed by atoms with Crippen LogP contribution in [0.3, 0.4) is 0 Å². The molecule has 0 saturated heterocycles. The quantitative estimate of drug-likeness (QED) is 0.483. The highest BCUT2D eigenvalue weighted by molar-refractivity contribution is 5.34. The maximum Gasteiger partial charge on any atom is 0.270 e. The fourth-order valence-electron chi connectivity index (χ4n) is 1.76. The van der Waals surface area contributed by atoms with E-state index in [1.54, 1.807) is 0 Å². The lowest BCUT2D eigenvalue weighted by molar-refractivity contribution is -0.431. The standard InChI is InChI=1S/C9H11N3O2/c10-4-6-1-2-7-8(3-6)11-5-9(7)12(13)14/h1-3,5,7-8,11H,4,10H2. The van der Waals surface area contributed by atoms with Gasteiger partial charge in [-0.15, -0.1) is 0 Å². The maximum absolute atomic E-state index is 10.6. The lowest BCUT2D eigenvalue weighted by Gasteiger charge is -2.17.